The van der Waals surface area contributed by atoms with Crippen LogP contribution >= 0.6 is 11.8 Å². The third kappa shape index (κ3) is 8.18. The van der Waals surface area contributed by atoms with Crippen molar-refractivity contribution in [1.82, 2.24) is 5.06 Å². The predicted molar refractivity (Wildman–Crippen MR) is 69.0 cm³/mol. The van der Waals surface area contributed by atoms with Crippen LogP contribution in [0.4, 0.5) is 0 Å². The summed E-state index contributed by atoms with van der Waals surface area (Å²) in [4.78, 5) is 5.57. The van der Waals surface area contributed by atoms with Gasteiger partial charge in [-0.1, -0.05) is 37.8 Å². The minimum Gasteiger partial charge on any atom is -0.373 e. The Labute approximate surface area is 97.6 Å². The molecular formula is C12H21NOS. The molecule has 0 aromatic carbocycles. The van der Waals surface area contributed by atoms with E-state index in [1.807, 2.05) is 42.7 Å². The van der Waals surface area contributed by atoms with Crippen molar-refractivity contribution in [3.8, 4) is 0 Å². The second-order valence-corrected chi connectivity index (χ2v) is 4.49. The minimum atomic E-state index is 0.556. The van der Waals surface area contributed by atoms with E-state index in [1.165, 1.54) is 11.8 Å². The zero-order valence-electron chi connectivity index (χ0n) is 10.1. The van der Waals surface area contributed by atoms with Gasteiger partial charge in [0.25, 0.3) is 0 Å². The first-order chi connectivity index (χ1) is 7.10. The molecular weight excluding hydrogens is 206 g/mol. The normalized spacial score (nSPS) is 11.5. The fourth-order valence-corrected chi connectivity index (χ4v) is 1.38. The van der Waals surface area contributed by atoms with Crippen molar-refractivity contribution in [2.75, 3.05) is 6.54 Å². The zero-order valence-corrected chi connectivity index (χ0v) is 10.9. The molecule has 0 unspecified atom stereocenters. The van der Waals surface area contributed by atoms with Crippen molar-refractivity contribution in [2.24, 2.45) is 5.92 Å². The van der Waals surface area contributed by atoms with Crippen LogP contribution in [0.1, 0.15) is 27.7 Å². The predicted octanol–water partition coefficient (Wildman–Crippen LogP) is 4.15. The van der Waals surface area contributed by atoms with Crippen molar-refractivity contribution in [1.29, 1.82) is 0 Å². The van der Waals surface area contributed by atoms with Crippen LogP contribution < -0.4 is 0 Å². The number of thioether (sulfide) groups is 1. The minimum absolute atomic E-state index is 0.556. The van der Waals surface area contributed by atoms with E-state index in [2.05, 4.69) is 20.4 Å². The van der Waals surface area contributed by atoms with Crippen molar-refractivity contribution >= 4 is 11.8 Å². The summed E-state index contributed by atoms with van der Waals surface area (Å²) in [5, 5.41) is 4.45. The van der Waals surface area contributed by atoms with E-state index in [9.17, 15) is 0 Å². The number of nitrogens with zero attached hydrogens (tertiary/aromatic N) is 1. The van der Waals surface area contributed by atoms with E-state index < -0.39 is 0 Å². The van der Waals surface area contributed by atoms with E-state index in [-0.39, 0.29) is 0 Å². The van der Waals surface area contributed by atoms with Crippen molar-refractivity contribution in [3.63, 3.8) is 0 Å². The lowest BCUT2D eigenvalue weighted by molar-refractivity contribution is -0.0696. The molecule has 0 spiro atoms. The van der Waals surface area contributed by atoms with Crippen LogP contribution in [0.25, 0.3) is 0 Å². The second-order valence-electron chi connectivity index (χ2n) is 3.53. The molecule has 2 nitrogen and oxygen atoms in total. The first kappa shape index (κ1) is 14.2. The van der Waals surface area contributed by atoms with Gasteiger partial charge in [0.05, 0.1) is 6.54 Å². The number of hydrogen-bond acceptors (Lipinski definition) is 3. The summed E-state index contributed by atoms with van der Waals surface area (Å²) in [5.41, 5.74) is 0. The average molecular weight is 227 g/mol. The van der Waals surface area contributed by atoms with Crippen LogP contribution in [-0.4, -0.2) is 11.6 Å². The third-order valence-corrected chi connectivity index (χ3v) is 2.16. The van der Waals surface area contributed by atoms with Gasteiger partial charge in [-0.15, -0.1) is 0 Å². The van der Waals surface area contributed by atoms with E-state index in [0.29, 0.717) is 11.0 Å². The Kier molecular flexibility index (Phi) is 8.01. The molecule has 0 heterocycles. The molecule has 0 fully saturated rings. The first-order valence-corrected chi connectivity index (χ1v) is 6.02. The molecule has 0 radical (unpaired) electrons. The molecule has 0 saturated carbocycles. The van der Waals surface area contributed by atoms with Crippen molar-refractivity contribution in [2.45, 2.75) is 27.7 Å². The van der Waals surface area contributed by atoms with Crippen LogP contribution in [0, 0.1) is 5.92 Å². The Balaban J connectivity index is 4.09. The fraction of sp³-hybridized carbons (Fsp3) is 0.500. The SMILES string of the molecule is C=C(ON(/C=C/C)CC(C)C)S/C=C\C. The smallest absolute Gasteiger partial charge is 0.185 e. The van der Waals surface area contributed by atoms with Crippen LogP contribution in [0.15, 0.2) is 35.4 Å². The topological polar surface area (TPSA) is 12.5 Å². The zero-order chi connectivity index (χ0) is 11.7. The van der Waals surface area contributed by atoms with Gasteiger partial charge < -0.3 is 4.84 Å². The second kappa shape index (κ2) is 8.48. The summed E-state index contributed by atoms with van der Waals surface area (Å²) in [6.45, 7) is 12.9. The van der Waals surface area contributed by atoms with Gasteiger partial charge in [0.15, 0.2) is 5.09 Å². The number of rotatable bonds is 7. The van der Waals surface area contributed by atoms with Crippen molar-refractivity contribution < 1.29 is 4.84 Å². The summed E-state index contributed by atoms with van der Waals surface area (Å²) >= 11 is 1.48. The molecule has 0 rings (SSSR count). The largest absolute Gasteiger partial charge is 0.373 e. The van der Waals surface area contributed by atoms with Gasteiger partial charge in [-0.3, -0.25) is 0 Å². The highest BCUT2D eigenvalue weighted by Crippen LogP contribution is 2.18. The molecule has 0 aromatic rings. The molecule has 0 amide bonds. The number of allylic oxidation sites excluding steroid dienone is 2. The first-order valence-electron chi connectivity index (χ1n) is 5.14. The highest BCUT2D eigenvalue weighted by Gasteiger charge is 2.04. The van der Waals surface area contributed by atoms with E-state index in [0.717, 1.165) is 6.54 Å². The van der Waals surface area contributed by atoms with Gasteiger partial charge >= 0.3 is 0 Å². The van der Waals surface area contributed by atoms with Gasteiger partial charge in [-0.25, -0.2) is 5.06 Å². The van der Waals surface area contributed by atoms with E-state index >= 15 is 0 Å². The molecule has 0 bridgehead atoms. The lowest BCUT2D eigenvalue weighted by atomic mass is 10.2. The Morgan fingerprint density at radius 1 is 1.40 bits per heavy atom. The molecule has 0 N–H and O–H groups in total. The molecule has 0 aromatic heterocycles. The Morgan fingerprint density at radius 2 is 2.07 bits per heavy atom. The lowest BCUT2D eigenvalue weighted by Crippen LogP contribution is -2.21. The standard InChI is InChI=1S/C12H21NOS/c1-6-8-13(10-11(3)4)14-12(5)15-9-7-2/h6-9,11H,5,10H2,1-4H3/b8-6+,9-7-. The molecule has 0 aliphatic rings. The molecule has 0 saturated heterocycles. The third-order valence-electron chi connectivity index (χ3n) is 1.42. The number of hydrogen-bond donors (Lipinski definition) is 0. The molecule has 0 aliphatic heterocycles. The summed E-state index contributed by atoms with van der Waals surface area (Å²) < 4.78 is 0. The average Bonchev–Trinajstić information content (AvgIpc) is 2.14. The highest BCUT2D eigenvalue weighted by atomic mass is 32.2. The quantitative estimate of drug-likeness (QED) is 0.479. The molecule has 0 atom stereocenters. The van der Waals surface area contributed by atoms with Gasteiger partial charge in [-0.05, 0) is 31.8 Å². The van der Waals surface area contributed by atoms with Crippen LogP contribution in [0.2, 0.25) is 0 Å². The molecule has 15 heavy (non-hydrogen) atoms. The van der Waals surface area contributed by atoms with Crippen LogP contribution in [-0.2, 0) is 4.84 Å². The fourth-order valence-electron chi connectivity index (χ4n) is 0.951. The maximum absolute atomic E-state index is 5.57. The maximum Gasteiger partial charge on any atom is 0.185 e. The maximum atomic E-state index is 5.57. The van der Waals surface area contributed by atoms with Gasteiger partial charge in [0.1, 0.15) is 0 Å². The van der Waals surface area contributed by atoms with E-state index in [1.54, 1.807) is 0 Å². The Bertz CT molecular complexity index is 234. The summed E-state index contributed by atoms with van der Waals surface area (Å²) in [7, 11) is 0. The summed E-state index contributed by atoms with van der Waals surface area (Å²) in [6, 6.07) is 0. The van der Waals surface area contributed by atoms with Crippen LogP contribution in [0.3, 0.4) is 0 Å². The summed E-state index contributed by atoms with van der Waals surface area (Å²) in [5.74, 6) is 0.556. The van der Waals surface area contributed by atoms with Gasteiger partial charge in [0.2, 0.25) is 0 Å². The summed E-state index contributed by atoms with van der Waals surface area (Å²) in [6.07, 6.45) is 5.83. The Hall–Kier alpha value is -0.830. The van der Waals surface area contributed by atoms with Gasteiger partial charge in [0, 0.05) is 6.20 Å². The molecule has 0 aliphatic carbocycles. The molecule has 86 valence electrons. The van der Waals surface area contributed by atoms with Crippen LogP contribution in [0.5, 0.6) is 0 Å². The lowest BCUT2D eigenvalue weighted by Gasteiger charge is -2.22. The monoisotopic (exact) mass is 227 g/mol. The van der Waals surface area contributed by atoms with E-state index in [4.69, 9.17) is 4.84 Å². The highest BCUT2D eigenvalue weighted by molar-refractivity contribution is 8.05. The number of hydroxylamine groups is 2. The Morgan fingerprint density at radius 3 is 2.53 bits per heavy atom. The van der Waals surface area contributed by atoms with Crippen molar-refractivity contribution in [3.05, 3.63) is 35.4 Å². The molecule has 3 heteroatoms. The van der Waals surface area contributed by atoms with Gasteiger partial charge in [-0.2, -0.15) is 0 Å².